The first-order valence-electron chi connectivity index (χ1n) is 9.32. The minimum absolute atomic E-state index is 0.0335. The Hall–Kier alpha value is -2.52. The van der Waals surface area contributed by atoms with Crippen LogP contribution < -0.4 is 0 Å². The van der Waals surface area contributed by atoms with Crippen LogP contribution in [-0.2, 0) is 38.0 Å². The fourth-order valence-corrected chi connectivity index (χ4v) is 1.92. The molecule has 0 amide bonds. The van der Waals surface area contributed by atoms with Crippen molar-refractivity contribution >= 4 is 24.2 Å². The van der Waals surface area contributed by atoms with Crippen LogP contribution in [0.25, 0.3) is 0 Å². The third-order valence-electron chi connectivity index (χ3n) is 3.31. The van der Waals surface area contributed by atoms with E-state index in [0.29, 0.717) is 19.3 Å². The predicted molar refractivity (Wildman–Crippen MR) is 95.5 cm³/mol. The molecule has 0 aromatic rings. The van der Waals surface area contributed by atoms with Crippen LogP contribution >= 0.6 is 0 Å². The highest BCUT2D eigenvalue weighted by Gasteiger charge is 2.15. The van der Waals surface area contributed by atoms with Gasteiger partial charge >= 0.3 is 24.2 Å². The summed E-state index contributed by atoms with van der Waals surface area (Å²) in [6, 6.07) is 0. The Balaban J connectivity index is 3.64. The molecule has 1 unspecified atom stereocenters. The SMILES string of the molecule is CCOC(=O)OCCOC(=O)CCCCC(C)C(=O)OCCOC(=O)OCC. The van der Waals surface area contributed by atoms with E-state index in [1.165, 1.54) is 0 Å². The molecule has 0 bridgehead atoms. The van der Waals surface area contributed by atoms with E-state index in [-0.39, 0.29) is 52.0 Å². The predicted octanol–water partition coefficient (Wildman–Crippen LogP) is 2.62. The summed E-state index contributed by atoms with van der Waals surface area (Å²) >= 11 is 0. The Labute approximate surface area is 164 Å². The molecule has 0 heterocycles. The number of ether oxygens (including phenoxy) is 6. The van der Waals surface area contributed by atoms with E-state index in [9.17, 15) is 19.2 Å². The van der Waals surface area contributed by atoms with Crippen molar-refractivity contribution in [2.24, 2.45) is 5.92 Å². The molecule has 0 aliphatic heterocycles. The van der Waals surface area contributed by atoms with Gasteiger partial charge in [-0.15, -0.1) is 0 Å². The lowest BCUT2D eigenvalue weighted by Crippen LogP contribution is -2.19. The number of hydrogen-bond donors (Lipinski definition) is 0. The Bertz CT molecular complexity index is 477. The van der Waals surface area contributed by atoms with Gasteiger partial charge in [-0.3, -0.25) is 9.59 Å². The van der Waals surface area contributed by atoms with Crippen LogP contribution in [0.1, 0.15) is 46.5 Å². The fourth-order valence-electron chi connectivity index (χ4n) is 1.92. The summed E-state index contributed by atoms with van der Waals surface area (Å²) in [5, 5.41) is 0. The Morgan fingerprint density at radius 3 is 1.71 bits per heavy atom. The molecule has 0 spiro atoms. The standard InChI is InChI=1S/C18H30O10/c1-4-23-17(21)27-12-10-25-15(19)9-7-6-8-14(3)16(20)26-11-13-28-18(22)24-5-2/h14H,4-13H2,1-3H3. The van der Waals surface area contributed by atoms with Crippen LogP contribution in [0.5, 0.6) is 0 Å². The summed E-state index contributed by atoms with van der Waals surface area (Å²) in [5.41, 5.74) is 0. The fraction of sp³-hybridized carbons (Fsp3) is 0.778. The lowest BCUT2D eigenvalue weighted by atomic mass is 10.0. The van der Waals surface area contributed by atoms with E-state index in [2.05, 4.69) is 18.9 Å². The summed E-state index contributed by atoms with van der Waals surface area (Å²) < 4.78 is 28.4. The van der Waals surface area contributed by atoms with Crippen molar-refractivity contribution in [3.63, 3.8) is 0 Å². The van der Waals surface area contributed by atoms with Gasteiger partial charge in [0.1, 0.15) is 26.4 Å². The van der Waals surface area contributed by atoms with Crippen LogP contribution in [0.2, 0.25) is 0 Å². The summed E-state index contributed by atoms with van der Waals surface area (Å²) in [7, 11) is 0. The maximum atomic E-state index is 11.8. The van der Waals surface area contributed by atoms with Gasteiger partial charge in [0, 0.05) is 6.42 Å². The molecule has 0 N–H and O–H groups in total. The minimum atomic E-state index is -0.800. The molecule has 28 heavy (non-hydrogen) atoms. The van der Waals surface area contributed by atoms with Gasteiger partial charge in [0.05, 0.1) is 19.1 Å². The van der Waals surface area contributed by atoms with Crippen molar-refractivity contribution in [1.29, 1.82) is 0 Å². The lowest BCUT2D eigenvalue weighted by Gasteiger charge is -2.11. The number of rotatable bonds is 14. The molecule has 0 fully saturated rings. The molecule has 0 aromatic carbocycles. The van der Waals surface area contributed by atoms with Crippen LogP contribution in [-0.4, -0.2) is 63.9 Å². The largest absolute Gasteiger partial charge is 0.508 e. The van der Waals surface area contributed by atoms with Gasteiger partial charge in [-0.05, 0) is 26.7 Å². The van der Waals surface area contributed by atoms with E-state index < -0.39 is 24.2 Å². The van der Waals surface area contributed by atoms with Crippen molar-refractivity contribution in [2.75, 3.05) is 39.6 Å². The van der Waals surface area contributed by atoms with E-state index in [0.717, 1.165) is 0 Å². The molecular weight excluding hydrogens is 376 g/mol. The van der Waals surface area contributed by atoms with Crippen molar-refractivity contribution in [3.05, 3.63) is 0 Å². The zero-order chi connectivity index (χ0) is 21.2. The smallest absolute Gasteiger partial charge is 0.462 e. The molecular formula is C18H30O10. The maximum absolute atomic E-state index is 11.8. The molecule has 0 saturated carbocycles. The normalized spacial score (nSPS) is 11.1. The molecule has 0 saturated heterocycles. The van der Waals surface area contributed by atoms with Crippen LogP contribution in [0.4, 0.5) is 9.59 Å². The first-order valence-corrected chi connectivity index (χ1v) is 9.32. The Kier molecular flexibility index (Phi) is 15.1. The van der Waals surface area contributed by atoms with Gasteiger partial charge in [-0.1, -0.05) is 13.3 Å². The molecule has 0 aliphatic rings. The topological polar surface area (TPSA) is 124 Å². The van der Waals surface area contributed by atoms with Crippen LogP contribution in [0.3, 0.4) is 0 Å². The molecule has 0 radical (unpaired) electrons. The van der Waals surface area contributed by atoms with Gasteiger partial charge < -0.3 is 28.4 Å². The van der Waals surface area contributed by atoms with Gasteiger partial charge in [-0.25, -0.2) is 9.59 Å². The van der Waals surface area contributed by atoms with Gasteiger partial charge in [0.25, 0.3) is 0 Å². The van der Waals surface area contributed by atoms with Gasteiger partial charge in [0.2, 0.25) is 0 Å². The van der Waals surface area contributed by atoms with Gasteiger partial charge in [-0.2, -0.15) is 0 Å². The molecule has 1 atom stereocenters. The summed E-state index contributed by atoms with van der Waals surface area (Å²) in [6.07, 6.45) is 0.356. The first-order chi connectivity index (χ1) is 13.4. The second-order valence-electron chi connectivity index (χ2n) is 5.60. The molecule has 0 rings (SSSR count). The van der Waals surface area contributed by atoms with Crippen LogP contribution in [0, 0.1) is 5.92 Å². The third kappa shape index (κ3) is 14.6. The van der Waals surface area contributed by atoms with E-state index in [4.69, 9.17) is 9.47 Å². The lowest BCUT2D eigenvalue weighted by molar-refractivity contribution is -0.149. The second-order valence-corrected chi connectivity index (χ2v) is 5.60. The molecule has 0 aromatic heterocycles. The van der Waals surface area contributed by atoms with Crippen molar-refractivity contribution < 1.29 is 47.6 Å². The zero-order valence-electron chi connectivity index (χ0n) is 16.7. The quantitative estimate of drug-likeness (QED) is 0.241. The second kappa shape index (κ2) is 16.6. The molecule has 162 valence electrons. The number of hydrogen-bond acceptors (Lipinski definition) is 10. The summed E-state index contributed by atoms with van der Waals surface area (Å²) in [4.78, 5) is 45.2. The Morgan fingerprint density at radius 2 is 1.18 bits per heavy atom. The molecule has 0 aliphatic carbocycles. The van der Waals surface area contributed by atoms with E-state index >= 15 is 0 Å². The number of carbonyl (C=O) groups excluding carboxylic acids is 4. The van der Waals surface area contributed by atoms with E-state index in [1.54, 1.807) is 20.8 Å². The molecule has 10 heteroatoms. The highest BCUT2D eigenvalue weighted by molar-refractivity contribution is 5.72. The number of carbonyl (C=O) groups is 4. The van der Waals surface area contributed by atoms with Crippen molar-refractivity contribution in [1.82, 2.24) is 0 Å². The third-order valence-corrected chi connectivity index (χ3v) is 3.31. The van der Waals surface area contributed by atoms with Gasteiger partial charge in [0.15, 0.2) is 0 Å². The summed E-state index contributed by atoms with van der Waals surface area (Å²) in [6.45, 7) is 5.26. The monoisotopic (exact) mass is 406 g/mol. The highest BCUT2D eigenvalue weighted by atomic mass is 16.7. The number of esters is 2. The van der Waals surface area contributed by atoms with Crippen LogP contribution in [0.15, 0.2) is 0 Å². The van der Waals surface area contributed by atoms with Crippen molar-refractivity contribution in [2.45, 2.75) is 46.5 Å². The van der Waals surface area contributed by atoms with Crippen molar-refractivity contribution in [3.8, 4) is 0 Å². The summed E-state index contributed by atoms with van der Waals surface area (Å²) in [5.74, 6) is -1.14. The zero-order valence-corrected chi connectivity index (χ0v) is 16.7. The molecule has 10 nitrogen and oxygen atoms in total. The average Bonchev–Trinajstić information content (AvgIpc) is 2.66. The Morgan fingerprint density at radius 1 is 0.679 bits per heavy atom. The van der Waals surface area contributed by atoms with E-state index in [1.807, 2.05) is 0 Å². The number of unbranched alkanes of at least 4 members (excludes halogenated alkanes) is 1. The maximum Gasteiger partial charge on any atom is 0.508 e. The first kappa shape index (κ1) is 25.5. The minimum Gasteiger partial charge on any atom is -0.462 e. The highest BCUT2D eigenvalue weighted by Crippen LogP contribution is 2.11. The average molecular weight is 406 g/mol.